The van der Waals surface area contributed by atoms with Gasteiger partial charge in [0.25, 0.3) is 0 Å². The van der Waals surface area contributed by atoms with Crippen LogP contribution in [0.3, 0.4) is 0 Å². The molecule has 1 aromatic heterocycles. The van der Waals surface area contributed by atoms with E-state index in [2.05, 4.69) is 21.5 Å². The molecule has 0 N–H and O–H groups in total. The van der Waals surface area contributed by atoms with Crippen LogP contribution >= 0.6 is 0 Å². The molecule has 12 heavy (non-hydrogen) atoms. The summed E-state index contributed by atoms with van der Waals surface area (Å²) in [6, 6.07) is 0. The quantitative estimate of drug-likeness (QED) is 0.647. The highest BCUT2D eigenvalue weighted by atomic mass is 15.1. The molecular formula is C9H15N3. The molecular weight excluding hydrogens is 150 g/mol. The standard InChI is InChI=1S/C9H15N3/c1-11-4-2-9(6-11)7-12-5-3-10-8-12/h3,5,8-9H,2,4,6-7H2,1H3/t9-/m1/s1. The zero-order chi connectivity index (χ0) is 8.39. The van der Waals surface area contributed by atoms with Crippen LogP contribution in [-0.4, -0.2) is 34.6 Å². The zero-order valence-electron chi connectivity index (χ0n) is 7.48. The molecule has 0 radical (unpaired) electrons. The third kappa shape index (κ3) is 1.67. The van der Waals surface area contributed by atoms with Gasteiger partial charge in [-0.15, -0.1) is 0 Å². The van der Waals surface area contributed by atoms with E-state index in [1.807, 2.05) is 18.7 Å². The number of nitrogens with zero attached hydrogens (tertiary/aromatic N) is 3. The van der Waals surface area contributed by atoms with Gasteiger partial charge in [-0.2, -0.15) is 0 Å². The van der Waals surface area contributed by atoms with Gasteiger partial charge in [0.2, 0.25) is 0 Å². The molecule has 1 aliphatic rings. The Morgan fingerprint density at radius 2 is 2.50 bits per heavy atom. The normalized spacial score (nSPS) is 24.9. The number of imidazole rings is 1. The van der Waals surface area contributed by atoms with Gasteiger partial charge in [-0.05, 0) is 25.9 Å². The number of aromatic nitrogens is 2. The van der Waals surface area contributed by atoms with Gasteiger partial charge in [0.15, 0.2) is 0 Å². The highest BCUT2D eigenvalue weighted by molar-refractivity contribution is 4.79. The molecule has 0 unspecified atom stereocenters. The van der Waals surface area contributed by atoms with Gasteiger partial charge >= 0.3 is 0 Å². The number of likely N-dealkylation sites (tertiary alicyclic amines) is 1. The lowest BCUT2D eigenvalue weighted by molar-refractivity contribution is 0.378. The van der Waals surface area contributed by atoms with Crippen LogP contribution in [0, 0.1) is 5.92 Å². The molecule has 1 aromatic rings. The Labute approximate surface area is 73.0 Å². The average molecular weight is 165 g/mol. The summed E-state index contributed by atoms with van der Waals surface area (Å²) in [4.78, 5) is 6.42. The van der Waals surface area contributed by atoms with E-state index in [-0.39, 0.29) is 0 Å². The number of rotatable bonds is 2. The smallest absolute Gasteiger partial charge is 0.0946 e. The highest BCUT2D eigenvalue weighted by Gasteiger charge is 2.19. The number of hydrogen-bond acceptors (Lipinski definition) is 2. The molecule has 0 bridgehead atoms. The molecule has 2 heterocycles. The van der Waals surface area contributed by atoms with Gasteiger partial charge < -0.3 is 9.47 Å². The molecule has 1 saturated heterocycles. The highest BCUT2D eigenvalue weighted by Crippen LogP contribution is 2.15. The van der Waals surface area contributed by atoms with Crippen molar-refractivity contribution < 1.29 is 0 Å². The van der Waals surface area contributed by atoms with Crippen molar-refractivity contribution in [3.63, 3.8) is 0 Å². The Hall–Kier alpha value is -0.830. The summed E-state index contributed by atoms with van der Waals surface area (Å²) < 4.78 is 2.17. The molecule has 66 valence electrons. The Morgan fingerprint density at radius 3 is 3.08 bits per heavy atom. The first-order valence-corrected chi connectivity index (χ1v) is 4.49. The van der Waals surface area contributed by atoms with Crippen molar-refractivity contribution >= 4 is 0 Å². The molecule has 1 atom stereocenters. The van der Waals surface area contributed by atoms with Gasteiger partial charge in [0.05, 0.1) is 6.33 Å². The number of hydrogen-bond donors (Lipinski definition) is 0. The second-order valence-corrected chi connectivity index (χ2v) is 3.68. The summed E-state index contributed by atoms with van der Waals surface area (Å²) >= 11 is 0. The monoisotopic (exact) mass is 165 g/mol. The van der Waals surface area contributed by atoms with Crippen molar-refractivity contribution in [2.24, 2.45) is 5.92 Å². The van der Waals surface area contributed by atoms with Gasteiger partial charge in [0, 0.05) is 25.5 Å². The van der Waals surface area contributed by atoms with Crippen molar-refractivity contribution in [2.75, 3.05) is 20.1 Å². The predicted octanol–water partition coefficient (Wildman–Crippen LogP) is 0.835. The maximum atomic E-state index is 4.03. The van der Waals surface area contributed by atoms with Crippen LogP contribution in [0.15, 0.2) is 18.7 Å². The first kappa shape index (κ1) is 7.80. The summed E-state index contributed by atoms with van der Waals surface area (Å²) in [6.07, 6.45) is 7.12. The summed E-state index contributed by atoms with van der Waals surface area (Å²) in [7, 11) is 2.19. The fraction of sp³-hybridized carbons (Fsp3) is 0.667. The topological polar surface area (TPSA) is 21.1 Å². The van der Waals surface area contributed by atoms with Crippen LogP contribution in [-0.2, 0) is 6.54 Å². The minimum atomic E-state index is 0.823. The second kappa shape index (κ2) is 3.27. The summed E-state index contributed by atoms with van der Waals surface area (Å²) in [5.41, 5.74) is 0. The van der Waals surface area contributed by atoms with Crippen LogP contribution in [0.25, 0.3) is 0 Å². The third-order valence-corrected chi connectivity index (χ3v) is 2.52. The lowest BCUT2D eigenvalue weighted by atomic mass is 10.1. The predicted molar refractivity (Wildman–Crippen MR) is 47.8 cm³/mol. The largest absolute Gasteiger partial charge is 0.337 e. The summed E-state index contributed by atoms with van der Waals surface area (Å²) in [6.45, 7) is 3.61. The van der Waals surface area contributed by atoms with Crippen molar-refractivity contribution in [2.45, 2.75) is 13.0 Å². The van der Waals surface area contributed by atoms with Crippen molar-refractivity contribution in [3.05, 3.63) is 18.7 Å². The van der Waals surface area contributed by atoms with Crippen LogP contribution in [0.4, 0.5) is 0 Å². The molecule has 0 amide bonds. The molecule has 0 saturated carbocycles. The molecule has 1 aliphatic heterocycles. The molecule has 0 spiro atoms. The zero-order valence-corrected chi connectivity index (χ0v) is 7.48. The maximum absolute atomic E-state index is 4.03. The Balaban J connectivity index is 1.88. The van der Waals surface area contributed by atoms with Crippen LogP contribution in [0.1, 0.15) is 6.42 Å². The van der Waals surface area contributed by atoms with Crippen molar-refractivity contribution in [1.29, 1.82) is 0 Å². The van der Waals surface area contributed by atoms with E-state index in [0.29, 0.717) is 0 Å². The molecule has 2 rings (SSSR count). The van der Waals surface area contributed by atoms with Crippen LogP contribution in [0.5, 0.6) is 0 Å². The van der Waals surface area contributed by atoms with Crippen molar-refractivity contribution in [1.82, 2.24) is 14.5 Å². The van der Waals surface area contributed by atoms with E-state index < -0.39 is 0 Å². The van der Waals surface area contributed by atoms with Gasteiger partial charge in [0.1, 0.15) is 0 Å². The molecule has 3 nitrogen and oxygen atoms in total. The van der Waals surface area contributed by atoms with Crippen LogP contribution in [0.2, 0.25) is 0 Å². The van der Waals surface area contributed by atoms with Crippen LogP contribution < -0.4 is 0 Å². The van der Waals surface area contributed by atoms with Crippen molar-refractivity contribution in [3.8, 4) is 0 Å². The van der Waals surface area contributed by atoms with E-state index in [9.17, 15) is 0 Å². The first-order valence-electron chi connectivity index (χ1n) is 4.49. The summed E-state index contributed by atoms with van der Waals surface area (Å²) in [5.74, 6) is 0.823. The summed E-state index contributed by atoms with van der Waals surface area (Å²) in [5, 5.41) is 0. The minimum Gasteiger partial charge on any atom is -0.337 e. The SMILES string of the molecule is CN1CC[C@@H](Cn2ccnc2)C1. The molecule has 0 aliphatic carbocycles. The lowest BCUT2D eigenvalue weighted by Gasteiger charge is -2.10. The van der Waals surface area contributed by atoms with Gasteiger partial charge in [-0.1, -0.05) is 0 Å². The van der Waals surface area contributed by atoms with E-state index in [1.54, 1.807) is 0 Å². The first-order chi connectivity index (χ1) is 5.84. The molecule has 0 aromatic carbocycles. The Kier molecular flexibility index (Phi) is 2.13. The fourth-order valence-electron chi connectivity index (χ4n) is 1.87. The van der Waals surface area contributed by atoms with Gasteiger partial charge in [-0.25, -0.2) is 4.98 Å². The fourth-order valence-corrected chi connectivity index (χ4v) is 1.87. The average Bonchev–Trinajstić information content (AvgIpc) is 2.63. The minimum absolute atomic E-state index is 0.823. The third-order valence-electron chi connectivity index (χ3n) is 2.52. The van der Waals surface area contributed by atoms with E-state index >= 15 is 0 Å². The Morgan fingerprint density at radius 1 is 1.58 bits per heavy atom. The maximum Gasteiger partial charge on any atom is 0.0946 e. The Bertz CT molecular complexity index is 230. The molecule has 3 heteroatoms. The van der Waals surface area contributed by atoms with E-state index in [1.165, 1.54) is 19.5 Å². The van der Waals surface area contributed by atoms with E-state index in [0.717, 1.165) is 12.5 Å². The molecule has 1 fully saturated rings. The second-order valence-electron chi connectivity index (χ2n) is 3.68. The lowest BCUT2D eigenvalue weighted by Crippen LogP contribution is -2.16. The van der Waals surface area contributed by atoms with E-state index in [4.69, 9.17) is 0 Å². The van der Waals surface area contributed by atoms with Gasteiger partial charge in [-0.3, -0.25) is 0 Å².